The molecule has 0 saturated carbocycles. The van der Waals surface area contributed by atoms with E-state index in [1.807, 2.05) is 13.1 Å². The maximum absolute atomic E-state index is 11.8. The lowest BCUT2D eigenvalue weighted by molar-refractivity contribution is -0.123. The molecule has 0 aromatic carbocycles. The van der Waals surface area contributed by atoms with Gasteiger partial charge in [-0.1, -0.05) is 6.42 Å². The molecule has 1 aromatic heterocycles. The second kappa shape index (κ2) is 8.69. The number of nitrogens with zero attached hydrogens (tertiary/aromatic N) is 1. The van der Waals surface area contributed by atoms with Crippen LogP contribution >= 0.6 is 36.2 Å². The third kappa shape index (κ3) is 5.10. The molecule has 2 heterocycles. The Morgan fingerprint density at radius 1 is 1.56 bits per heavy atom. The van der Waals surface area contributed by atoms with Crippen LogP contribution in [0.5, 0.6) is 0 Å². The molecular weight excluding hydrogens is 293 g/mol. The average molecular weight is 312 g/mol. The summed E-state index contributed by atoms with van der Waals surface area (Å²) in [5.41, 5.74) is 0. The van der Waals surface area contributed by atoms with Crippen molar-refractivity contribution in [1.82, 2.24) is 15.6 Å². The van der Waals surface area contributed by atoms with E-state index in [-0.39, 0.29) is 36.8 Å². The molecule has 1 atom stereocenters. The first-order valence-electron chi connectivity index (χ1n) is 5.68. The van der Waals surface area contributed by atoms with E-state index in [1.54, 1.807) is 11.3 Å². The van der Waals surface area contributed by atoms with Crippen molar-refractivity contribution in [3.63, 3.8) is 0 Å². The van der Waals surface area contributed by atoms with Gasteiger partial charge in [-0.2, -0.15) is 0 Å². The fourth-order valence-corrected chi connectivity index (χ4v) is 2.59. The predicted molar refractivity (Wildman–Crippen MR) is 78.8 cm³/mol. The molecule has 1 aliphatic rings. The zero-order valence-electron chi connectivity index (χ0n) is 10.3. The van der Waals surface area contributed by atoms with E-state index in [9.17, 15) is 4.79 Å². The average Bonchev–Trinajstić information content (AvgIpc) is 2.73. The summed E-state index contributed by atoms with van der Waals surface area (Å²) < 4.78 is 0. The minimum atomic E-state index is 0. The van der Waals surface area contributed by atoms with Crippen LogP contribution in [-0.4, -0.2) is 23.5 Å². The third-order valence-electron chi connectivity index (χ3n) is 2.73. The van der Waals surface area contributed by atoms with Gasteiger partial charge >= 0.3 is 0 Å². The lowest BCUT2D eigenvalue weighted by atomic mass is 10.0. The summed E-state index contributed by atoms with van der Waals surface area (Å²) in [4.78, 5) is 17.1. The molecule has 0 unspecified atom stereocenters. The van der Waals surface area contributed by atoms with Gasteiger partial charge < -0.3 is 10.6 Å². The lowest BCUT2D eigenvalue weighted by Gasteiger charge is -2.22. The summed E-state index contributed by atoms with van der Waals surface area (Å²) >= 11 is 1.63. The zero-order valence-corrected chi connectivity index (χ0v) is 12.7. The van der Waals surface area contributed by atoms with Crippen molar-refractivity contribution in [2.75, 3.05) is 6.54 Å². The maximum Gasteiger partial charge on any atom is 0.237 e. The highest BCUT2D eigenvalue weighted by atomic mass is 35.5. The van der Waals surface area contributed by atoms with Crippen LogP contribution in [0.15, 0.2) is 6.20 Å². The van der Waals surface area contributed by atoms with E-state index in [0.717, 1.165) is 29.3 Å². The van der Waals surface area contributed by atoms with E-state index in [0.29, 0.717) is 6.54 Å². The van der Waals surface area contributed by atoms with Gasteiger partial charge in [0.25, 0.3) is 0 Å². The van der Waals surface area contributed by atoms with Crippen LogP contribution in [0.4, 0.5) is 0 Å². The number of carbonyl (C=O) groups excluding carboxylic acids is 1. The fraction of sp³-hybridized carbons (Fsp3) is 0.636. The monoisotopic (exact) mass is 311 g/mol. The second-order valence-corrected chi connectivity index (χ2v) is 5.39. The molecule has 1 fully saturated rings. The van der Waals surface area contributed by atoms with E-state index in [1.165, 1.54) is 6.42 Å². The second-order valence-electron chi connectivity index (χ2n) is 4.07. The van der Waals surface area contributed by atoms with Crippen LogP contribution in [0.2, 0.25) is 0 Å². The summed E-state index contributed by atoms with van der Waals surface area (Å²) in [6.07, 6.45) is 5.10. The zero-order chi connectivity index (χ0) is 11.4. The van der Waals surface area contributed by atoms with Gasteiger partial charge in [0, 0.05) is 11.1 Å². The van der Waals surface area contributed by atoms with Crippen molar-refractivity contribution < 1.29 is 4.79 Å². The van der Waals surface area contributed by atoms with Gasteiger partial charge in [0.1, 0.15) is 0 Å². The number of nitrogens with one attached hydrogen (secondary N) is 2. The Labute approximate surface area is 124 Å². The number of carbonyl (C=O) groups is 1. The van der Waals surface area contributed by atoms with Crippen molar-refractivity contribution in [1.29, 1.82) is 0 Å². The Bertz CT molecular complexity index is 367. The highest BCUT2D eigenvalue weighted by Gasteiger charge is 2.19. The third-order valence-corrected chi connectivity index (χ3v) is 3.65. The van der Waals surface area contributed by atoms with E-state index >= 15 is 0 Å². The first kappa shape index (κ1) is 17.6. The van der Waals surface area contributed by atoms with Crippen molar-refractivity contribution in [2.24, 2.45) is 0 Å². The smallest absolute Gasteiger partial charge is 0.237 e. The van der Waals surface area contributed by atoms with Gasteiger partial charge in [0.15, 0.2) is 0 Å². The lowest BCUT2D eigenvalue weighted by Crippen LogP contribution is -2.46. The number of halogens is 2. The number of rotatable bonds is 3. The van der Waals surface area contributed by atoms with Crippen molar-refractivity contribution in [3.05, 3.63) is 16.1 Å². The van der Waals surface area contributed by atoms with Crippen LogP contribution in [0.3, 0.4) is 0 Å². The molecule has 1 saturated heterocycles. The van der Waals surface area contributed by atoms with Gasteiger partial charge in [-0.15, -0.1) is 36.2 Å². The van der Waals surface area contributed by atoms with E-state index in [4.69, 9.17) is 0 Å². The first-order chi connectivity index (χ1) is 7.75. The summed E-state index contributed by atoms with van der Waals surface area (Å²) in [6, 6.07) is 0.00256. The number of aromatic nitrogens is 1. The predicted octanol–water partition coefficient (Wildman–Crippen LogP) is 2.05. The normalized spacial score (nSPS) is 18.4. The Kier molecular flexibility index (Phi) is 8.52. The first-order valence-corrected chi connectivity index (χ1v) is 6.50. The van der Waals surface area contributed by atoms with E-state index < -0.39 is 0 Å². The highest BCUT2D eigenvalue weighted by Crippen LogP contribution is 2.11. The molecule has 0 spiro atoms. The molecule has 18 heavy (non-hydrogen) atoms. The minimum Gasteiger partial charge on any atom is -0.350 e. The van der Waals surface area contributed by atoms with Crippen molar-refractivity contribution in [2.45, 2.75) is 38.8 Å². The summed E-state index contributed by atoms with van der Waals surface area (Å²) in [7, 11) is 0. The van der Waals surface area contributed by atoms with E-state index in [2.05, 4.69) is 15.6 Å². The number of piperidine rings is 1. The minimum absolute atomic E-state index is 0. The molecule has 0 radical (unpaired) electrons. The largest absolute Gasteiger partial charge is 0.350 e. The molecule has 7 heteroatoms. The van der Waals surface area contributed by atoms with Gasteiger partial charge in [0.05, 0.1) is 17.6 Å². The molecule has 0 aliphatic carbocycles. The molecule has 1 amide bonds. The summed E-state index contributed by atoms with van der Waals surface area (Å²) in [5.74, 6) is 0.116. The van der Waals surface area contributed by atoms with Crippen LogP contribution in [0.1, 0.15) is 29.1 Å². The highest BCUT2D eigenvalue weighted by molar-refractivity contribution is 7.11. The molecule has 4 nitrogen and oxygen atoms in total. The number of aryl methyl sites for hydroxylation is 1. The molecular formula is C11H19Cl2N3OS. The molecule has 1 aliphatic heterocycles. The van der Waals surface area contributed by atoms with Crippen molar-refractivity contribution >= 4 is 42.1 Å². The van der Waals surface area contributed by atoms with Crippen LogP contribution in [0, 0.1) is 6.92 Å². The maximum atomic E-state index is 11.8. The Hall–Kier alpha value is -0.360. The van der Waals surface area contributed by atoms with Gasteiger partial charge in [-0.3, -0.25) is 4.79 Å². The van der Waals surface area contributed by atoms with Crippen LogP contribution in [-0.2, 0) is 11.3 Å². The standard InChI is InChI=1S/C11H17N3OS.2ClH/c1-8-13-6-9(16-8)7-14-11(15)10-4-2-3-5-12-10;;/h6,10,12H,2-5,7H2,1H3,(H,14,15);2*1H/t10-;;/m1../s1. The molecule has 0 bridgehead atoms. The summed E-state index contributed by atoms with van der Waals surface area (Å²) in [6.45, 7) is 3.53. The van der Waals surface area contributed by atoms with Gasteiger partial charge in [-0.05, 0) is 26.3 Å². The molecule has 1 aromatic rings. The quantitative estimate of drug-likeness (QED) is 0.898. The van der Waals surface area contributed by atoms with Crippen LogP contribution < -0.4 is 10.6 Å². The molecule has 2 N–H and O–H groups in total. The van der Waals surface area contributed by atoms with Crippen LogP contribution in [0.25, 0.3) is 0 Å². The topological polar surface area (TPSA) is 54.0 Å². The number of thiazole rings is 1. The fourth-order valence-electron chi connectivity index (χ4n) is 1.86. The number of hydrogen-bond acceptors (Lipinski definition) is 4. The Morgan fingerprint density at radius 2 is 2.33 bits per heavy atom. The van der Waals surface area contributed by atoms with Gasteiger partial charge in [0.2, 0.25) is 5.91 Å². The van der Waals surface area contributed by atoms with Gasteiger partial charge in [-0.25, -0.2) is 4.98 Å². The molecule has 104 valence electrons. The Morgan fingerprint density at radius 3 is 2.89 bits per heavy atom. The number of hydrogen-bond donors (Lipinski definition) is 2. The number of amides is 1. The van der Waals surface area contributed by atoms with Crippen molar-refractivity contribution in [3.8, 4) is 0 Å². The Balaban J connectivity index is 0.00000144. The summed E-state index contributed by atoms with van der Waals surface area (Å²) in [5, 5.41) is 7.23. The SMILES string of the molecule is Cc1ncc(CNC(=O)[C@H]2CCCCN2)s1.Cl.Cl. The molecule has 2 rings (SSSR count).